The molecule has 0 fully saturated rings. The number of hydrogen-bond acceptors (Lipinski definition) is 6. The smallest absolute Gasteiger partial charge is 0.240 e. The highest BCUT2D eigenvalue weighted by atomic mass is 32.2. The van der Waals surface area contributed by atoms with Crippen molar-refractivity contribution in [3.05, 3.63) is 65.7 Å². The largest absolute Gasteiger partial charge is 0.348 e. The van der Waals surface area contributed by atoms with Crippen LogP contribution in [0.5, 0.6) is 0 Å². The molecule has 3 aromatic rings. The number of aromatic nitrogens is 2. The molecule has 0 aliphatic carbocycles. The van der Waals surface area contributed by atoms with Crippen LogP contribution in [-0.4, -0.2) is 35.1 Å². The van der Waals surface area contributed by atoms with Gasteiger partial charge in [-0.15, -0.1) is 10.2 Å². The number of hydrogen-bond donors (Lipinski definition) is 1. The van der Waals surface area contributed by atoms with Gasteiger partial charge in [0.1, 0.15) is 5.25 Å². The number of anilines is 2. The van der Waals surface area contributed by atoms with E-state index in [1.165, 1.54) is 28.7 Å². The van der Waals surface area contributed by atoms with Crippen LogP contribution in [0.2, 0.25) is 0 Å². The first kappa shape index (κ1) is 20.4. The summed E-state index contributed by atoms with van der Waals surface area (Å²) in [4.78, 5) is 14.3. The van der Waals surface area contributed by atoms with E-state index in [2.05, 4.69) is 41.5 Å². The summed E-state index contributed by atoms with van der Waals surface area (Å²) in [6.45, 7) is 4.35. The summed E-state index contributed by atoms with van der Waals surface area (Å²) in [6.07, 6.45) is 0. The molecule has 0 radical (unpaired) electrons. The van der Waals surface area contributed by atoms with Crippen LogP contribution < -0.4 is 5.32 Å². The van der Waals surface area contributed by atoms with Crippen molar-refractivity contribution < 1.29 is 4.79 Å². The van der Waals surface area contributed by atoms with Crippen molar-refractivity contribution in [3.63, 3.8) is 0 Å². The van der Waals surface area contributed by atoms with Crippen LogP contribution in [0.25, 0.3) is 0 Å². The predicted molar refractivity (Wildman–Crippen MR) is 117 cm³/mol. The molecule has 146 valence electrons. The normalized spacial score (nSPS) is 12.0. The first-order valence-corrected chi connectivity index (χ1v) is 10.8. The summed E-state index contributed by atoms with van der Waals surface area (Å²) in [6, 6.07) is 18.1. The van der Waals surface area contributed by atoms with Crippen molar-refractivity contribution >= 4 is 39.8 Å². The first-order chi connectivity index (χ1) is 13.4. The van der Waals surface area contributed by atoms with E-state index in [4.69, 9.17) is 0 Å². The highest BCUT2D eigenvalue weighted by molar-refractivity contribution is 8.01. The molecular formula is C21H24N4OS2. The molecule has 0 aliphatic heterocycles. The predicted octanol–water partition coefficient (Wildman–Crippen LogP) is 5.33. The van der Waals surface area contributed by atoms with Gasteiger partial charge in [-0.25, -0.2) is 0 Å². The average Bonchev–Trinajstić information content (AvgIpc) is 3.13. The highest BCUT2D eigenvalue weighted by Gasteiger charge is 2.25. The van der Waals surface area contributed by atoms with Crippen LogP contribution in [0.1, 0.15) is 36.1 Å². The van der Waals surface area contributed by atoms with Crippen LogP contribution >= 0.6 is 23.1 Å². The van der Waals surface area contributed by atoms with Gasteiger partial charge >= 0.3 is 0 Å². The van der Waals surface area contributed by atoms with E-state index in [0.717, 1.165) is 15.6 Å². The molecule has 0 bridgehead atoms. The Kier molecular flexibility index (Phi) is 6.70. The van der Waals surface area contributed by atoms with E-state index in [-0.39, 0.29) is 11.2 Å². The summed E-state index contributed by atoms with van der Waals surface area (Å²) in [5, 5.41) is 12.2. The summed E-state index contributed by atoms with van der Waals surface area (Å²) in [5.41, 5.74) is 3.23. The highest BCUT2D eigenvalue weighted by Crippen LogP contribution is 2.39. The lowest BCUT2D eigenvalue weighted by Crippen LogP contribution is -2.26. The van der Waals surface area contributed by atoms with Crippen molar-refractivity contribution in [2.24, 2.45) is 0 Å². The Labute approximate surface area is 174 Å². The van der Waals surface area contributed by atoms with Crippen molar-refractivity contribution in [1.29, 1.82) is 0 Å². The fourth-order valence-corrected chi connectivity index (χ4v) is 4.72. The Morgan fingerprint density at radius 3 is 2.29 bits per heavy atom. The molecule has 0 saturated heterocycles. The molecule has 0 aliphatic rings. The Morgan fingerprint density at radius 1 is 1.00 bits per heavy atom. The zero-order chi connectivity index (χ0) is 20.1. The van der Waals surface area contributed by atoms with E-state index in [9.17, 15) is 4.79 Å². The number of carbonyl (C=O) groups is 1. The zero-order valence-corrected chi connectivity index (χ0v) is 18.1. The van der Waals surface area contributed by atoms with Gasteiger partial charge in [0.15, 0.2) is 4.34 Å². The van der Waals surface area contributed by atoms with Crippen molar-refractivity contribution in [2.75, 3.05) is 19.4 Å². The van der Waals surface area contributed by atoms with Gasteiger partial charge in [0.05, 0.1) is 0 Å². The van der Waals surface area contributed by atoms with Gasteiger partial charge in [-0.2, -0.15) is 0 Å². The van der Waals surface area contributed by atoms with E-state index in [1.54, 1.807) is 19.0 Å². The maximum atomic E-state index is 12.7. The molecule has 0 spiro atoms. The first-order valence-electron chi connectivity index (χ1n) is 9.07. The molecule has 1 amide bonds. The molecule has 1 heterocycles. The fourth-order valence-electron chi connectivity index (χ4n) is 2.61. The van der Waals surface area contributed by atoms with Crippen LogP contribution in [0.3, 0.4) is 0 Å². The minimum absolute atomic E-state index is 0.0326. The Hall–Kier alpha value is -2.38. The third kappa shape index (κ3) is 5.11. The molecule has 2 aromatic carbocycles. The molecule has 5 nitrogen and oxygen atoms in total. The third-order valence-electron chi connectivity index (χ3n) is 4.22. The van der Waals surface area contributed by atoms with Crippen LogP contribution in [0.15, 0.2) is 58.9 Å². The molecular weight excluding hydrogens is 388 g/mol. The van der Waals surface area contributed by atoms with Gasteiger partial charge in [0.25, 0.3) is 0 Å². The number of carbonyl (C=O) groups excluding carboxylic acids is 1. The molecule has 1 atom stereocenters. The molecule has 1 N–H and O–H groups in total. The second-order valence-electron chi connectivity index (χ2n) is 6.92. The van der Waals surface area contributed by atoms with Gasteiger partial charge in [-0.3, -0.25) is 4.79 Å². The molecule has 0 unspecified atom stereocenters. The number of thioether (sulfide) groups is 1. The Balaban J connectivity index is 1.73. The Bertz CT molecular complexity index is 908. The molecule has 3 rings (SSSR count). The lowest BCUT2D eigenvalue weighted by Gasteiger charge is -2.19. The lowest BCUT2D eigenvalue weighted by molar-refractivity contribution is -0.128. The standard InChI is InChI=1S/C21H24N4OS2/c1-14(2)15-10-12-17(13-11-15)22-20-23-24-21(28-20)27-18(19(26)25(3)4)16-8-6-5-7-9-16/h5-14,18H,1-4H3,(H,22,23)/t18-/m0/s1. The second-order valence-corrected chi connectivity index (χ2v) is 9.25. The SMILES string of the molecule is CC(C)c1ccc(Nc2nnc(S[C@H](C(=O)N(C)C)c3ccccc3)s2)cc1. The number of benzene rings is 2. The zero-order valence-electron chi connectivity index (χ0n) is 16.4. The molecule has 28 heavy (non-hydrogen) atoms. The van der Waals surface area contributed by atoms with Gasteiger partial charge in [0.2, 0.25) is 11.0 Å². The molecule has 0 saturated carbocycles. The summed E-state index contributed by atoms with van der Waals surface area (Å²) in [5.74, 6) is 0.535. The number of nitrogens with one attached hydrogen (secondary N) is 1. The van der Waals surface area contributed by atoms with Gasteiger partial charge in [-0.05, 0) is 29.2 Å². The summed E-state index contributed by atoms with van der Waals surface area (Å²) < 4.78 is 0.755. The average molecular weight is 413 g/mol. The van der Waals surface area contributed by atoms with Crippen LogP contribution in [0.4, 0.5) is 10.8 Å². The minimum Gasteiger partial charge on any atom is -0.348 e. The maximum absolute atomic E-state index is 12.7. The topological polar surface area (TPSA) is 58.1 Å². The van der Waals surface area contributed by atoms with E-state index < -0.39 is 0 Å². The number of likely N-dealkylation sites (N-methyl/N-ethyl adjacent to an activating group) is 1. The number of amides is 1. The number of rotatable bonds is 7. The molecule has 1 aromatic heterocycles. The van der Waals surface area contributed by atoms with Gasteiger partial charge in [-0.1, -0.05) is 79.4 Å². The van der Waals surface area contributed by atoms with E-state index >= 15 is 0 Å². The summed E-state index contributed by atoms with van der Waals surface area (Å²) in [7, 11) is 3.54. The Morgan fingerprint density at radius 2 is 1.68 bits per heavy atom. The number of nitrogens with zero attached hydrogens (tertiary/aromatic N) is 3. The lowest BCUT2D eigenvalue weighted by atomic mass is 10.0. The fraction of sp³-hybridized carbons (Fsp3) is 0.286. The quantitative estimate of drug-likeness (QED) is 0.532. The van der Waals surface area contributed by atoms with Crippen molar-refractivity contribution in [3.8, 4) is 0 Å². The minimum atomic E-state index is -0.345. The van der Waals surface area contributed by atoms with Crippen molar-refractivity contribution in [2.45, 2.75) is 29.4 Å². The van der Waals surface area contributed by atoms with Crippen LogP contribution in [-0.2, 0) is 4.79 Å². The van der Waals surface area contributed by atoms with Gasteiger partial charge < -0.3 is 10.2 Å². The monoisotopic (exact) mass is 412 g/mol. The second kappa shape index (κ2) is 9.21. The van der Waals surface area contributed by atoms with E-state index in [0.29, 0.717) is 11.0 Å². The maximum Gasteiger partial charge on any atom is 0.240 e. The van der Waals surface area contributed by atoms with E-state index in [1.807, 2.05) is 42.5 Å². The van der Waals surface area contributed by atoms with Gasteiger partial charge in [0, 0.05) is 19.8 Å². The third-order valence-corrected chi connectivity index (χ3v) is 6.39. The van der Waals surface area contributed by atoms with Crippen LogP contribution in [0, 0.1) is 0 Å². The van der Waals surface area contributed by atoms with Crippen molar-refractivity contribution in [1.82, 2.24) is 15.1 Å². The molecule has 7 heteroatoms. The summed E-state index contributed by atoms with van der Waals surface area (Å²) >= 11 is 2.88.